The lowest BCUT2D eigenvalue weighted by molar-refractivity contribution is -0.149. The maximum absolute atomic E-state index is 14.2. The SMILES string of the molecule is CC(C)(C)N(C(=O)O)[C@@H](CC(O)N1CCc2c(nc(-c3ccc(F)c(F)c3)nc2C(F)(F)F)C1)CN1CC(F)(F)CCC1=O. The molecule has 44 heavy (non-hydrogen) atoms. The number of hydrogen-bond donors (Lipinski definition) is 2. The van der Waals surface area contributed by atoms with Crippen LogP contribution in [0.25, 0.3) is 11.4 Å². The average Bonchev–Trinajstić information content (AvgIpc) is 2.89. The van der Waals surface area contributed by atoms with Crippen LogP contribution in [-0.2, 0) is 23.9 Å². The van der Waals surface area contributed by atoms with Gasteiger partial charge >= 0.3 is 12.3 Å². The molecule has 1 aromatic heterocycles. The van der Waals surface area contributed by atoms with E-state index < -0.39 is 91.0 Å². The molecule has 16 heteroatoms. The van der Waals surface area contributed by atoms with Crippen molar-refractivity contribution in [1.82, 2.24) is 24.7 Å². The van der Waals surface area contributed by atoms with Gasteiger partial charge in [0.2, 0.25) is 5.91 Å². The molecule has 1 aromatic carbocycles. The third-order valence-corrected chi connectivity index (χ3v) is 7.65. The van der Waals surface area contributed by atoms with Crippen LogP contribution in [0.2, 0.25) is 0 Å². The van der Waals surface area contributed by atoms with E-state index in [-0.39, 0.29) is 42.8 Å². The van der Waals surface area contributed by atoms with Gasteiger partial charge < -0.3 is 15.1 Å². The summed E-state index contributed by atoms with van der Waals surface area (Å²) in [6, 6.07) is 1.24. The highest BCUT2D eigenvalue weighted by atomic mass is 19.4. The summed E-state index contributed by atoms with van der Waals surface area (Å²) in [4.78, 5) is 35.7. The zero-order valence-electron chi connectivity index (χ0n) is 24.1. The number of fused-ring (bicyclic) bond motifs is 1. The van der Waals surface area contributed by atoms with Crippen molar-refractivity contribution in [3.05, 3.63) is 46.8 Å². The number of benzene rings is 1. The molecule has 2 aromatic rings. The zero-order valence-corrected chi connectivity index (χ0v) is 24.1. The minimum absolute atomic E-state index is 0.124. The molecule has 1 saturated heterocycles. The molecule has 1 fully saturated rings. The van der Waals surface area contributed by atoms with Crippen LogP contribution in [0.5, 0.6) is 0 Å². The van der Waals surface area contributed by atoms with Gasteiger partial charge in [-0.05, 0) is 45.4 Å². The van der Waals surface area contributed by atoms with Crippen molar-refractivity contribution in [2.75, 3.05) is 19.6 Å². The van der Waals surface area contributed by atoms with Crippen LogP contribution >= 0.6 is 0 Å². The van der Waals surface area contributed by atoms with Gasteiger partial charge in [-0.15, -0.1) is 0 Å². The number of aliphatic hydroxyl groups is 1. The van der Waals surface area contributed by atoms with E-state index in [1.54, 1.807) is 20.8 Å². The summed E-state index contributed by atoms with van der Waals surface area (Å²) >= 11 is 0. The number of aromatic nitrogens is 2. The highest BCUT2D eigenvalue weighted by molar-refractivity contribution is 5.77. The first kappa shape index (κ1) is 33.4. The number of alkyl halides is 5. The van der Waals surface area contributed by atoms with E-state index in [9.17, 15) is 50.5 Å². The lowest BCUT2D eigenvalue weighted by atomic mass is 9.97. The number of hydrogen-bond acceptors (Lipinski definition) is 6. The van der Waals surface area contributed by atoms with E-state index in [4.69, 9.17) is 0 Å². The van der Waals surface area contributed by atoms with Crippen molar-refractivity contribution in [3.8, 4) is 11.4 Å². The summed E-state index contributed by atoms with van der Waals surface area (Å²) in [5, 5.41) is 21.3. The third kappa shape index (κ3) is 7.39. The number of likely N-dealkylation sites (tertiary alicyclic amines) is 1. The minimum atomic E-state index is -4.91. The van der Waals surface area contributed by atoms with E-state index in [1.165, 1.54) is 4.90 Å². The molecule has 1 unspecified atom stereocenters. The molecule has 4 rings (SSSR count). The number of halogens is 7. The standard InChI is InChI=1S/C28H32F7N5O4/c1-26(2,3)40(25(43)44)16(12-39-14-27(31,32)8-6-21(39)41)11-22(42)38-9-7-17-20(13-38)36-24(37-23(17)28(33,34)35)15-4-5-18(29)19(30)10-15/h4-5,10,16,22,42H,6-9,11-14H2,1-3H3,(H,43,44)/t16-,22?/m0/s1. The van der Waals surface area contributed by atoms with Crippen LogP contribution in [0.3, 0.4) is 0 Å². The van der Waals surface area contributed by atoms with Gasteiger partial charge in [0.15, 0.2) is 23.2 Å². The second-order valence-corrected chi connectivity index (χ2v) is 12.0. The minimum Gasteiger partial charge on any atom is -0.465 e. The topological polar surface area (TPSA) is 110 Å². The molecule has 0 bridgehead atoms. The lowest BCUT2D eigenvalue weighted by Crippen LogP contribution is -2.59. The smallest absolute Gasteiger partial charge is 0.433 e. The number of rotatable bonds is 7. The van der Waals surface area contributed by atoms with Gasteiger partial charge in [-0.1, -0.05) is 0 Å². The summed E-state index contributed by atoms with van der Waals surface area (Å²) in [7, 11) is 0. The van der Waals surface area contributed by atoms with Gasteiger partial charge in [-0.25, -0.2) is 32.3 Å². The average molecular weight is 636 g/mol. The molecule has 0 aliphatic carbocycles. The monoisotopic (exact) mass is 635 g/mol. The van der Waals surface area contributed by atoms with Gasteiger partial charge in [0.05, 0.1) is 18.3 Å². The molecule has 0 spiro atoms. The number of carboxylic acid groups (broad SMARTS) is 1. The molecule has 3 heterocycles. The second-order valence-electron chi connectivity index (χ2n) is 12.0. The molecule has 9 nitrogen and oxygen atoms in total. The first-order valence-corrected chi connectivity index (χ1v) is 13.8. The predicted octanol–water partition coefficient (Wildman–Crippen LogP) is 4.91. The Morgan fingerprint density at radius 1 is 1.11 bits per heavy atom. The van der Waals surface area contributed by atoms with Crippen molar-refractivity contribution >= 4 is 12.0 Å². The Hall–Kier alpha value is -3.53. The largest absolute Gasteiger partial charge is 0.465 e. The molecule has 2 amide bonds. The summed E-state index contributed by atoms with van der Waals surface area (Å²) in [5.41, 5.74) is -2.93. The molecule has 2 aliphatic rings. The third-order valence-electron chi connectivity index (χ3n) is 7.65. The van der Waals surface area contributed by atoms with Gasteiger partial charge in [0.1, 0.15) is 6.23 Å². The highest BCUT2D eigenvalue weighted by Crippen LogP contribution is 2.36. The summed E-state index contributed by atoms with van der Waals surface area (Å²) in [6.45, 7) is 2.83. The summed E-state index contributed by atoms with van der Waals surface area (Å²) < 4.78 is 97.6. The molecular formula is C28H32F7N5O4. The summed E-state index contributed by atoms with van der Waals surface area (Å²) in [6.07, 6.45) is -9.54. The maximum Gasteiger partial charge on any atom is 0.433 e. The second kappa shape index (κ2) is 12.1. The lowest BCUT2D eigenvalue weighted by Gasteiger charge is -2.44. The molecule has 242 valence electrons. The fourth-order valence-electron chi connectivity index (χ4n) is 5.66. The van der Waals surface area contributed by atoms with Crippen molar-refractivity contribution in [1.29, 1.82) is 0 Å². The van der Waals surface area contributed by atoms with Gasteiger partial charge in [-0.3, -0.25) is 14.6 Å². The number of carbonyl (C=O) groups excluding carboxylic acids is 1. The highest BCUT2D eigenvalue weighted by Gasteiger charge is 2.44. The van der Waals surface area contributed by atoms with Gasteiger partial charge in [0, 0.05) is 55.6 Å². The first-order chi connectivity index (χ1) is 20.3. The Balaban J connectivity index is 1.65. The van der Waals surface area contributed by atoms with Crippen molar-refractivity contribution in [2.24, 2.45) is 0 Å². The Kier molecular flexibility index (Phi) is 9.18. The molecular weight excluding hydrogens is 603 g/mol. The van der Waals surface area contributed by atoms with Crippen LogP contribution in [0, 0.1) is 11.6 Å². The van der Waals surface area contributed by atoms with E-state index in [2.05, 4.69) is 9.97 Å². The normalized spacial score (nSPS) is 19.0. The van der Waals surface area contributed by atoms with Crippen LogP contribution < -0.4 is 0 Å². The molecule has 0 saturated carbocycles. The van der Waals surface area contributed by atoms with Crippen LogP contribution in [0.1, 0.15) is 57.0 Å². The summed E-state index contributed by atoms with van der Waals surface area (Å²) in [5.74, 6) is -6.81. The van der Waals surface area contributed by atoms with Crippen molar-refractivity contribution in [2.45, 2.75) is 82.9 Å². The molecule has 2 atom stereocenters. The molecule has 0 radical (unpaired) electrons. The van der Waals surface area contributed by atoms with Crippen LogP contribution in [0.15, 0.2) is 18.2 Å². The predicted molar refractivity (Wildman–Crippen MR) is 141 cm³/mol. The maximum atomic E-state index is 14.2. The first-order valence-electron chi connectivity index (χ1n) is 13.8. The number of amides is 2. The zero-order chi connectivity index (χ0) is 32.8. The Morgan fingerprint density at radius 2 is 1.80 bits per heavy atom. The Morgan fingerprint density at radius 3 is 2.39 bits per heavy atom. The number of carbonyl (C=O) groups is 2. The van der Waals surface area contributed by atoms with E-state index in [0.717, 1.165) is 21.9 Å². The Labute approximate surface area is 248 Å². The van der Waals surface area contributed by atoms with E-state index >= 15 is 0 Å². The fourth-order valence-corrected chi connectivity index (χ4v) is 5.66. The van der Waals surface area contributed by atoms with Crippen LogP contribution in [-0.4, -0.2) is 90.2 Å². The number of piperidine rings is 1. The quantitative estimate of drug-likeness (QED) is 0.416. The van der Waals surface area contributed by atoms with Gasteiger partial charge in [0.25, 0.3) is 5.92 Å². The van der Waals surface area contributed by atoms with E-state index in [1.807, 2.05) is 0 Å². The molecule has 2 N–H and O–H groups in total. The number of aliphatic hydroxyl groups excluding tert-OH is 1. The van der Waals surface area contributed by atoms with Crippen molar-refractivity contribution in [3.63, 3.8) is 0 Å². The van der Waals surface area contributed by atoms with Crippen LogP contribution in [0.4, 0.5) is 35.5 Å². The van der Waals surface area contributed by atoms with Crippen molar-refractivity contribution < 1.29 is 50.5 Å². The fraction of sp³-hybridized carbons (Fsp3) is 0.571. The van der Waals surface area contributed by atoms with E-state index in [0.29, 0.717) is 6.07 Å². The number of nitrogens with zero attached hydrogens (tertiary/aromatic N) is 5. The molecule has 2 aliphatic heterocycles. The Bertz CT molecular complexity index is 1420. The van der Waals surface area contributed by atoms with Gasteiger partial charge in [-0.2, -0.15) is 13.2 Å².